The number of allylic oxidation sites excluding steroid dienone is 1. The van der Waals surface area contributed by atoms with Crippen molar-refractivity contribution >= 4 is 22.6 Å². The van der Waals surface area contributed by atoms with Gasteiger partial charge in [0.05, 0.1) is 29.3 Å². The highest BCUT2D eigenvalue weighted by molar-refractivity contribution is 5.93. The standard InChI is InChI=1S/C29H35N3O3/c1-32(15-6-9-27-30-25-13-11-21(28(33)35-2)17-26(25)31-27)16-14-29(34)19-22-10-12-23(29)18-24(22)20-7-4-3-5-8-20/h3-5,7-8,11,13,17-18,22-23,34H,6,9-10,12,14-16,19H2,1-2H3,(H,30,31)/t22-,23+,29+/m0/s1. The molecule has 0 saturated heterocycles. The smallest absolute Gasteiger partial charge is 0.337 e. The normalized spacial score (nSPS) is 23.6. The Balaban J connectivity index is 1.12. The van der Waals surface area contributed by atoms with Crippen molar-refractivity contribution in [2.24, 2.45) is 11.8 Å². The average Bonchev–Trinajstić information content (AvgIpc) is 3.30. The third-order valence-corrected chi connectivity index (χ3v) is 7.88. The molecule has 6 nitrogen and oxygen atoms in total. The Morgan fingerprint density at radius 1 is 1.20 bits per heavy atom. The number of methoxy groups -OCH3 is 1. The Kier molecular flexibility index (Phi) is 6.76. The second-order valence-corrected chi connectivity index (χ2v) is 10.2. The molecule has 3 aliphatic carbocycles. The number of nitrogens with zero attached hydrogens (tertiary/aromatic N) is 2. The number of aliphatic hydroxyl groups is 1. The van der Waals surface area contributed by atoms with Crippen LogP contribution in [0.1, 0.15) is 53.8 Å². The van der Waals surface area contributed by atoms with Crippen LogP contribution in [0.25, 0.3) is 16.6 Å². The Hall–Kier alpha value is -2.96. The van der Waals surface area contributed by atoms with E-state index in [-0.39, 0.29) is 11.9 Å². The van der Waals surface area contributed by atoms with Gasteiger partial charge < -0.3 is 19.7 Å². The maximum Gasteiger partial charge on any atom is 0.337 e. The molecule has 0 aliphatic heterocycles. The first kappa shape index (κ1) is 23.8. The minimum Gasteiger partial charge on any atom is -0.465 e. The van der Waals surface area contributed by atoms with E-state index in [1.807, 2.05) is 6.07 Å². The fraction of sp³-hybridized carbons (Fsp3) is 0.448. The summed E-state index contributed by atoms with van der Waals surface area (Å²) in [4.78, 5) is 22.1. The largest absolute Gasteiger partial charge is 0.465 e. The number of carbonyl (C=O) groups is 1. The van der Waals surface area contributed by atoms with Crippen LogP contribution in [-0.2, 0) is 11.2 Å². The summed E-state index contributed by atoms with van der Waals surface area (Å²) < 4.78 is 4.80. The fourth-order valence-electron chi connectivity index (χ4n) is 5.87. The number of ether oxygens (including phenoxy) is 1. The van der Waals surface area contributed by atoms with Gasteiger partial charge in [0.2, 0.25) is 0 Å². The molecule has 35 heavy (non-hydrogen) atoms. The van der Waals surface area contributed by atoms with Crippen LogP contribution in [0.5, 0.6) is 0 Å². The average molecular weight is 474 g/mol. The van der Waals surface area contributed by atoms with Gasteiger partial charge in [-0.15, -0.1) is 0 Å². The molecule has 2 bridgehead atoms. The Morgan fingerprint density at radius 3 is 2.77 bits per heavy atom. The summed E-state index contributed by atoms with van der Waals surface area (Å²) in [5.74, 6) is 1.30. The topological polar surface area (TPSA) is 78.4 Å². The number of imidazole rings is 1. The van der Waals surface area contributed by atoms with Gasteiger partial charge in [0.25, 0.3) is 0 Å². The van der Waals surface area contributed by atoms with Crippen molar-refractivity contribution in [2.45, 2.75) is 44.1 Å². The zero-order valence-electron chi connectivity index (χ0n) is 20.7. The second kappa shape index (κ2) is 9.96. The molecule has 3 atom stereocenters. The highest BCUT2D eigenvalue weighted by atomic mass is 16.5. The van der Waals surface area contributed by atoms with Crippen molar-refractivity contribution < 1.29 is 14.6 Å². The molecule has 6 heteroatoms. The van der Waals surface area contributed by atoms with Crippen LogP contribution in [0.3, 0.4) is 0 Å². The lowest BCUT2D eigenvalue weighted by Gasteiger charge is -2.48. The van der Waals surface area contributed by atoms with E-state index < -0.39 is 5.60 Å². The quantitative estimate of drug-likeness (QED) is 0.435. The van der Waals surface area contributed by atoms with Gasteiger partial charge in [-0.2, -0.15) is 0 Å². The molecule has 0 unspecified atom stereocenters. The van der Waals surface area contributed by atoms with Gasteiger partial charge in [-0.05, 0) is 81.0 Å². The lowest BCUT2D eigenvalue weighted by atomic mass is 9.61. The number of carbonyl (C=O) groups excluding carboxylic acids is 1. The summed E-state index contributed by atoms with van der Waals surface area (Å²) in [5, 5.41) is 11.5. The highest BCUT2D eigenvalue weighted by Gasteiger charge is 2.46. The monoisotopic (exact) mass is 473 g/mol. The van der Waals surface area contributed by atoms with E-state index in [0.29, 0.717) is 11.5 Å². The van der Waals surface area contributed by atoms with E-state index in [0.717, 1.165) is 62.1 Å². The number of hydrogen-bond acceptors (Lipinski definition) is 5. The number of hydrogen-bond donors (Lipinski definition) is 2. The molecule has 0 radical (unpaired) electrons. The van der Waals surface area contributed by atoms with Crippen LogP contribution < -0.4 is 0 Å². The minimum atomic E-state index is -0.592. The van der Waals surface area contributed by atoms with Crippen molar-refractivity contribution in [2.75, 3.05) is 27.2 Å². The predicted molar refractivity (Wildman–Crippen MR) is 138 cm³/mol. The molecule has 2 aromatic carbocycles. The number of benzene rings is 2. The van der Waals surface area contributed by atoms with E-state index in [1.54, 1.807) is 12.1 Å². The molecular weight excluding hydrogens is 438 g/mol. The molecule has 0 amide bonds. The highest BCUT2D eigenvalue weighted by Crippen LogP contribution is 2.51. The van der Waals surface area contributed by atoms with Gasteiger partial charge in [-0.1, -0.05) is 36.4 Å². The third kappa shape index (κ3) is 5.04. The minimum absolute atomic E-state index is 0.251. The first-order valence-corrected chi connectivity index (χ1v) is 12.7. The third-order valence-electron chi connectivity index (χ3n) is 7.88. The van der Waals surface area contributed by atoms with Gasteiger partial charge in [0.15, 0.2) is 0 Å². The first-order valence-electron chi connectivity index (χ1n) is 12.7. The first-order chi connectivity index (χ1) is 16.9. The van der Waals surface area contributed by atoms with Crippen LogP contribution >= 0.6 is 0 Å². The van der Waals surface area contributed by atoms with Gasteiger partial charge in [0.1, 0.15) is 5.82 Å². The molecule has 0 spiro atoms. The van der Waals surface area contributed by atoms with Crippen LogP contribution in [0.2, 0.25) is 0 Å². The Labute approximate surface area is 207 Å². The lowest BCUT2D eigenvalue weighted by Crippen LogP contribution is -2.48. The van der Waals surface area contributed by atoms with Gasteiger partial charge in [-0.3, -0.25) is 0 Å². The van der Waals surface area contributed by atoms with Crippen LogP contribution in [0.4, 0.5) is 0 Å². The van der Waals surface area contributed by atoms with Crippen LogP contribution in [-0.4, -0.2) is 58.8 Å². The summed E-state index contributed by atoms with van der Waals surface area (Å²) in [6.45, 7) is 1.83. The zero-order valence-corrected chi connectivity index (χ0v) is 20.7. The number of H-pyrrole nitrogens is 1. The summed E-state index contributed by atoms with van der Waals surface area (Å²) in [6, 6.07) is 16.0. The fourth-order valence-corrected chi connectivity index (χ4v) is 5.87. The number of esters is 1. The maximum atomic E-state index is 11.7. The van der Waals surface area contributed by atoms with E-state index in [2.05, 4.69) is 58.3 Å². The van der Waals surface area contributed by atoms with Crippen LogP contribution in [0, 0.1) is 11.8 Å². The van der Waals surface area contributed by atoms with Gasteiger partial charge in [0, 0.05) is 18.9 Å². The van der Waals surface area contributed by atoms with E-state index in [4.69, 9.17) is 4.74 Å². The Bertz CT molecular complexity index is 1220. The number of fused-ring (bicyclic) bond motifs is 3. The van der Waals surface area contributed by atoms with E-state index in [1.165, 1.54) is 24.7 Å². The van der Waals surface area contributed by atoms with Crippen molar-refractivity contribution in [3.63, 3.8) is 0 Å². The molecule has 184 valence electrons. The van der Waals surface area contributed by atoms with Gasteiger partial charge >= 0.3 is 5.97 Å². The molecule has 3 aromatic rings. The van der Waals surface area contributed by atoms with Gasteiger partial charge in [-0.25, -0.2) is 9.78 Å². The summed E-state index contributed by atoms with van der Waals surface area (Å²) in [6.07, 6.45) is 8.13. The molecular formula is C29H35N3O3. The molecule has 3 aliphatic rings. The molecule has 1 saturated carbocycles. The Morgan fingerprint density at radius 2 is 2.03 bits per heavy atom. The zero-order chi connectivity index (χ0) is 24.4. The predicted octanol–water partition coefficient (Wildman–Crippen LogP) is 4.85. The van der Waals surface area contributed by atoms with Crippen molar-refractivity contribution in [3.8, 4) is 0 Å². The molecule has 1 heterocycles. The van der Waals surface area contributed by atoms with E-state index in [9.17, 15) is 9.90 Å². The summed E-state index contributed by atoms with van der Waals surface area (Å²) in [7, 11) is 3.52. The summed E-state index contributed by atoms with van der Waals surface area (Å²) in [5.41, 5.74) is 4.39. The van der Waals surface area contributed by atoms with Crippen LogP contribution in [0.15, 0.2) is 54.6 Å². The number of aromatic nitrogens is 2. The SMILES string of the molecule is COC(=O)c1ccc2nc(CCCN(C)CC[C@@]3(O)C[C@@H]4CC[C@@H]3C=C4c3ccccc3)[nH]c2c1. The number of nitrogens with one attached hydrogen (secondary N) is 1. The number of aryl methyl sites for hydroxylation is 1. The van der Waals surface area contributed by atoms with E-state index >= 15 is 0 Å². The van der Waals surface area contributed by atoms with Crippen molar-refractivity contribution in [1.82, 2.24) is 14.9 Å². The molecule has 6 rings (SSSR count). The number of rotatable bonds is 9. The van der Waals surface area contributed by atoms with Crippen molar-refractivity contribution in [1.29, 1.82) is 0 Å². The second-order valence-electron chi connectivity index (χ2n) is 10.2. The number of aromatic amines is 1. The van der Waals surface area contributed by atoms with Crippen molar-refractivity contribution in [3.05, 3.63) is 71.6 Å². The lowest BCUT2D eigenvalue weighted by molar-refractivity contribution is -0.0574. The molecule has 1 fully saturated rings. The molecule has 2 N–H and O–H groups in total. The molecule has 1 aromatic heterocycles. The summed E-state index contributed by atoms with van der Waals surface area (Å²) >= 11 is 0. The maximum absolute atomic E-state index is 11.7.